The molecule has 7 nitrogen and oxygen atoms in total. The third-order valence-corrected chi connectivity index (χ3v) is 10.3. The fourth-order valence-electron chi connectivity index (χ4n) is 8.10. The molecule has 4 fully saturated rings. The van der Waals surface area contributed by atoms with E-state index in [1.807, 2.05) is 0 Å². The molecule has 0 aromatic heterocycles. The number of fused-ring (bicyclic) bond motifs is 3. The standard InChI is InChI=1S/C37H46N4O3.2ClH/c1-24(2)27-16-17-32(44-3)28(21-27)22-39-34-29-18-20-40(23-30(29)37(43)41-19-10-15-31(41)36(38)42)35(34)33(25-11-6-4-7-12-25)26-13-8-5-9-14-26;;/h4-9,11-14,16-17,21,24,29-31,33-35,39H,10,15,18-20,22-23H2,1-3H3,(H2,38,42);2*1H/t29-,30-,31?,34-,35-;;/m0../s1. The van der Waals surface area contributed by atoms with Gasteiger partial charge in [-0.15, -0.1) is 24.8 Å². The summed E-state index contributed by atoms with van der Waals surface area (Å²) in [6, 6.07) is 27.7. The number of carbonyl (C=O) groups is 2. The highest BCUT2D eigenvalue weighted by Gasteiger charge is 2.53. The van der Waals surface area contributed by atoms with Crippen LogP contribution in [-0.2, 0) is 16.1 Å². The van der Waals surface area contributed by atoms with Crippen molar-refractivity contribution in [2.24, 2.45) is 17.6 Å². The number of benzene rings is 3. The number of nitrogens with zero attached hydrogens (tertiary/aromatic N) is 2. The van der Waals surface area contributed by atoms with E-state index in [-0.39, 0.29) is 60.6 Å². The maximum atomic E-state index is 14.2. The number of hydrogen-bond acceptors (Lipinski definition) is 5. The van der Waals surface area contributed by atoms with E-state index in [2.05, 4.69) is 103 Å². The fourth-order valence-corrected chi connectivity index (χ4v) is 8.10. The van der Waals surface area contributed by atoms with E-state index in [1.165, 1.54) is 16.7 Å². The van der Waals surface area contributed by atoms with Gasteiger partial charge in [-0.1, -0.05) is 86.6 Å². The molecule has 6 atom stereocenters. The number of amides is 2. The van der Waals surface area contributed by atoms with Crippen LogP contribution < -0.4 is 15.8 Å². The summed E-state index contributed by atoms with van der Waals surface area (Å²) in [5.74, 6) is 1.04. The molecule has 2 amide bonds. The van der Waals surface area contributed by atoms with E-state index in [9.17, 15) is 9.59 Å². The lowest BCUT2D eigenvalue weighted by atomic mass is 9.66. The highest BCUT2D eigenvalue weighted by molar-refractivity contribution is 5.88. The number of methoxy groups -OCH3 is 1. The first-order valence-electron chi connectivity index (χ1n) is 16.2. The molecule has 4 saturated heterocycles. The van der Waals surface area contributed by atoms with Gasteiger partial charge in [-0.3, -0.25) is 14.5 Å². The average Bonchev–Trinajstić information content (AvgIpc) is 3.56. The predicted molar refractivity (Wildman–Crippen MR) is 188 cm³/mol. The molecule has 3 aromatic rings. The molecule has 2 bridgehead atoms. The van der Waals surface area contributed by atoms with Gasteiger partial charge in [-0.2, -0.15) is 0 Å². The van der Waals surface area contributed by atoms with E-state index in [1.54, 1.807) is 12.0 Å². The van der Waals surface area contributed by atoms with Gasteiger partial charge in [0.05, 0.1) is 13.0 Å². The van der Waals surface area contributed by atoms with Crippen LogP contribution in [0.1, 0.15) is 67.2 Å². The van der Waals surface area contributed by atoms with Crippen LogP contribution in [0.2, 0.25) is 0 Å². The minimum Gasteiger partial charge on any atom is -0.496 e. The lowest BCUT2D eigenvalue weighted by molar-refractivity contribution is -0.149. The number of hydrogen-bond donors (Lipinski definition) is 2. The lowest BCUT2D eigenvalue weighted by Crippen LogP contribution is -2.69. The Morgan fingerprint density at radius 2 is 1.57 bits per heavy atom. The minimum absolute atomic E-state index is 0. The number of rotatable bonds is 10. The van der Waals surface area contributed by atoms with Crippen molar-refractivity contribution in [1.82, 2.24) is 15.1 Å². The van der Waals surface area contributed by atoms with Crippen LogP contribution in [0.25, 0.3) is 0 Å². The van der Waals surface area contributed by atoms with E-state index in [4.69, 9.17) is 10.5 Å². The van der Waals surface area contributed by atoms with Crippen molar-refractivity contribution in [3.05, 3.63) is 101 Å². The number of piperidine rings is 3. The van der Waals surface area contributed by atoms with E-state index in [0.29, 0.717) is 32.0 Å². The van der Waals surface area contributed by atoms with Crippen molar-refractivity contribution in [1.29, 1.82) is 0 Å². The van der Waals surface area contributed by atoms with Crippen LogP contribution in [0.4, 0.5) is 0 Å². The molecule has 0 aliphatic carbocycles. The van der Waals surface area contributed by atoms with Gasteiger partial charge in [-0.25, -0.2) is 0 Å². The Morgan fingerprint density at radius 3 is 2.15 bits per heavy atom. The number of carbonyl (C=O) groups excluding carboxylic acids is 2. The summed E-state index contributed by atoms with van der Waals surface area (Å²) in [5.41, 5.74) is 10.7. The van der Waals surface area contributed by atoms with Crippen molar-refractivity contribution in [3.63, 3.8) is 0 Å². The lowest BCUT2D eigenvalue weighted by Gasteiger charge is -2.57. The SMILES string of the molecule is COc1ccc(C(C)C)cc1CN[C@H]1[C@H]2CCN(C[C@@H]2C(=O)N2CCCC2C(N)=O)[C@H]1C(c1ccccc1)c1ccccc1.Cl.Cl. The van der Waals surface area contributed by atoms with Gasteiger partial charge < -0.3 is 20.7 Å². The molecule has 9 heteroatoms. The summed E-state index contributed by atoms with van der Waals surface area (Å²) >= 11 is 0. The molecule has 3 aromatic carbocycles. The molecule has 0 saturated carbocycles. The number of halogens is 2. The minimum atomic E-state index is -0.496. The second-order valence-corrected chi connectivity index (χ2v) is 13.1. The van der Waals surface area contributed by atoms with E-state index < -0.39 is 11.9 Å². The van der Waals surface area contributed by atoms with Crippen molar-refractivity contribution in [3.8, 4) is 5.75 Å². The Morgan fingerprint density at radius 1 is 0.913 bits per heavy atom. The Hall–Kier alpha value is -3.10. The van der Waals surface area contributed by atoms with Gasteiger partial charge in [0.25, 0.3) is 0 Å². The second-order valence-electron chi connectivity index (χ2n) is 13.1. The van der Waals surface area contributed by atoms with E-state index >= 15 is 0 Å². The highest BCUT2D eigenvalue weighted by Crippen LogP contribution is 2.45. The Bertz CT molecular complexity index is 1420. The van der Waals surface area contributed by atoms with Gasteiger partial charge in [-0.05, 0) is 60.4 Å². The van der Waals surface area contributed by atoms with Crippen molar-refractivity contribution < 1.29 is 14.3 Å². The first kappa shape index (κ1) is 35.7. The topological polar surface area (TPSA) is 87.9 Å². The van der Waals surface area contributed by atoms with Gasteiger partial charge in [0.1, 0.15) is 11.8 Å². The second kappa shape index (κ2) is 15.7. The average molecular weight is 668 g/mol. The van der Waals surface area contributed by atoms with Gasteiger partial charge in [0.2, 0.25) is 11.8 Å². The number of nitrogens with one attached hydrogen (secondary N) is 1. The molecule has 46 heavy (non-hydrogen) atoms. The van der Waals surface area contributed by atoms with Crippen molar-refractivity contribution >= 4 is 36.6 Å². The zero-order chi connectivity index (χ0) is 30.8. The van der Waals surface area contributed by atoms with Crippen LogP contribution in [-0.4, -0.2) is 66.5 Å². The van der Waals surface area contributed by atoms with Crippen LogP contribution in [0.15, 0.2) is 78.9 Å². The molecule has 3 N–H and O–H groups in total. The van der Waals surface area contributed by atoms with Crippen LogP contribution in [0.5, 0.6) is 5.75 Å². The molecule has 0 spiro atoms. The first-order valence-corrected chi connectivity index (χ1v) is 16.2. The Kier molecular flexibility index (Phi) is 12.2. The molecule has 4 heterocycles. The Labute approximate surface area is 286 Å². The van der Waals surface area contributed by atoms with Crippen LogP contribution in [0, 0.1) is 11.8 Å². The molecule has 2 unspecified atom stereocenters. The number of nitrogens with two attached hydrogens (primary N) is 1. The third-order valence-electron chi connectivity index (χ3n) is 10.3. The summed E-state index contributed by atoms with van der Waals surface area (Å²) < 4.78 is 5.80. The summed E-state index contributed by atoms with van der Waals surface area (Å²) in [7, 11) is 1.73. The van der Waals surface area contributed by atoms with Crippen LogP contribution in [0.3, 0.4) is 0 Å². The van der Waals surface area contributed by atoms with Crippen LogP contribution >= 0.6 is 24.8 Å². The quantitative estimate of drug-likeness (QED) is 0.288. The largest absolute Gasteiger partial charge is 0.496 e. The summed E-state index contributed by atoms with van der Waals surface area (Å²) in [6.07, 6.45) is 2.41. The molecule has 0 radical (unpaired) electrons. The summed E-state index contributed by atoms with van der Waals surface area (Å²) in [4.78, 5) is 30.8. The summed E-state index contributed by atoms with van der Waals surface area (Å²) in [5, 5.41) is 4.01. The molecular formula is C37H48Cl2N4O3. The van der Waals surface area contributed by atoms with Crippen molar-refractivity contribution in [2.45, 2.75) is 69.6 Å². The third kappa shape index (κ3) is 7.08. The molecular weight excluding hydrogens is 619 g/mol. The Balaban J connectivity index is 0.00000240. The number of primary amides is 1. The van der Waals surface area contributed by atoms with E-state index in [0.717, 1.165) is 30.7 Å². The first-order chi connectivity index (χ1) is 21.4. The molecule has 4 aliphatic heterocycles. The van der Waals surface area contributed by atoms with Gasteiger partial charge in [0.15, 0.2) is 0 Å². The van der Waals surface area contributed by atoms with Gasteiger partial charge >= 0.3 is 0 Å². The normalized spacial score (nSPS) is 25.2. The maximum absolute atomic E-state index is 14.2. The van der Waals surface area contributed by atoms with Gasteiger partial charge in [0, 0.05) is 43.2 Å². The monoisotopic (exact) mass is 666 g/mol. The zero-order valence-electron chi connectivity index (χ0n) is 27.0. The molecule has 4 aliphatic rings. The number of likely N-dealkylation sites (tertiary alicyclic amines) is 1. The smallest absolute Gasteiger partial charge is 0.240 e. The predicted octanol–water partition coefficient (Wildman–Crippen LogP) is 5.75. The zero-order valence-corrected chi connectivity index (χ0v) is 28.6. The molecule has 248 valence electrons. The number of ether oxygens (including phenoxy) is 1. The highest BCUT2D eigenvalue weighted by atomic mass is 35.5. The molecule has 7 rings (SSSR count). The maximum Gasteiger partial charge on any atom is 0.240 e. The fraction of sp³-hybridized carbons (Fsp3) is 0.459. The summed E-state index contributed by atoms with van der Waals surface area (Å²) in [6.45, 7) is 7.30. The van der Waals surface area contributed by atoms with Crippen molar-refractivity contribution in [2.75, 3.05) is 26.7 Å².